The maximum atomic E-state index is 11.1. The number of hydrogen-bond acceptors (Lipinski definition) is 3. The molecule has 0 aliphatic heterocycles. The van der Waals surface area contributed by atoms with Crippen molar-refractivity contribution in [3.05, 3.63) is 23.6 Å². The molecular weight excluding hydrogens is 202 g/mol. The molecule has 0 aromatic carbocycles. The van der Waals surface area contributed by atoms with Gasteiger partial charge in [-0.25, -0.2) is 4.98 Å². The van der Waals surface area contributed by atoms with E-state index in [9.17, 15) is 4.91 Å². The van der Waals surface area contributed by atoms with Gasteiger partial charge in [-0.3, -0.25) is 0 Å². The molecule has 1 aromatic rings. The molecule has 0 bridgehead atoms. The standard InChI is InChI=1S/C12H19N3O/c1-12(5-3-2-4-6-12)11(14-16)9-15-8-7-13-10-15/h7-8,10-11H,2-6,9H2,1H3. The summed E-state index contributed by atoms with van der Waals surface area (Å²) in [6.07, 6.45) is 11.4. The van der Waals surface area contributed by atoms with Gasteiger partial charge in [-0.05, 0) is 18.3 Å². The molecule has 2 rings (SSSR count). The highest BCUT2D eigenvalue weighted by Crippen LogP contribution is 2.40. The number of rotatable bonds is 4. The van der Waals surface area contributed by atoms with Crippen LogP contribution in [0.5, 0.6) is 0 Å². The molecule has 4 heteroatoms. The minimum Gasteiger partial charge on any atom is -0.335 e. The fraction of sp³-hybridized carbons (Fsp3) is 0.750. The van der Waals surface area contributed by atoms with Gasteiger partial charge in [0, 0.05) is 18.9 Å². The summed E-state index contributed by atoms with van der Waals surface area (Å²) in [7, 11) is 0. The number of aromatic nitrogens is 2. The minimum atomic E-state index is -0.123. The summed E-state index contributed by atoms with van der Waals surface area (Å²) in [6.45, 7) is 2.87. The first-order valence-corrected chi connectivity index (χ1v) is 6.03. The molecule has 0 radical (unpaired) electrons. The van der Waals surface area contributed by atoms with Crippen molar-refractivity contribution >= 4 is 0 Å². The van der Waals surface area contributed by atoms with Gasteiger partial charge in [0.05, 0.1) is 6.33 Å². The van der Waals surface area contributed by atoms with Crippen LogP contribution in [0.4, 0.5) is 0 Å². The molecule has 1 aromatic heterocycles. The van der Waals surface area contributed by atoms with Crippen molar-refractivity contribution in [2.75, 3.05) is 0 Å². The number of nitrogens with zero attached hydrogens (tertiary/aromatic N) is 3. The second kappa shape index (κ2) is 4.76. The van der Waals surface area contributed by atoms with Crippen molar-refractivity contribution in [2.24, 2.45) is 10.6 Å². The molecule has 1 saturated carbocycles. The highest BCUT2D eigenvalue weighted by molar-refractivity contribution is 4.91. The Morgan fingerprint density at radius 3 is 2.75 bits per heavy atom. The van der Waals surface area contributed by atoms with Gasteiger partial charge in [-0.2, -0.15) is 4.91 Å². The van der Waals surface area contributed by atoms with E-state index in [2.05, 4.69) is 17.1 Å². The maximum absolute atomic E-state index is 11.1. The zero-order chi connectivity index (χ0) is 11.4. The fourth-order valence-electron chi connectivity index (χ4n) is 2.67. The van der Waals surface area contributed by atoms with Gasteiger partial charge in [-0.15, -0.1) is 0 Å². The molecule has 1 unspecified atom stereocenters. The van der Waals surface area contributed by atoms with Crippen molar-refractivity contribution < 1.29 is 0 Å². The molecule has 1 atom stereocenters. The quantitative estimate of drug-likeness (QED) is 0.734. The Morgan fingerprint density at radius 1 is 1.44 bits per heavy atom. The third kappa shape index (κ3) is 2.31. The molecule has 0 N–H and O–H groups in total. The first-order valence-electron chi connectivity index (χ1n) is 6.03. The lowest BCUT2D eigenvalue weighted by atomic mass is 9.71. The summed E-state index contributed by atoms with van der Waals surface area (Å²) in [5.41, 5.74) is 0.0876. The van der Waals surface area contributed by atoms with Crippen LogP contribution in [0.3, 0.4) is 0 Å². The van der Waals surface area contributed by atoms with Crippen LogP contribution in [0.25, 0.3) is 0 Å². The predicted octanol–water partition coefficient (Wildman–Crippen LogP) is 2.99. The van der Waals surface area contributed by atoms with Gasteiger partial charge >= 0.3 is 0 Å². The van der Waals surface area contributed by atoms with Crippen molar-refractivity contribution in [3.63, 3.8) is 0 Å². The predicted molar refractivity (Wildman–Crippen MR) is 63.0 cm³/mol. The molecule has 0 spiro atoms. The summed E-state index contributed by atoms with van der Waals surface area (Å²) in [5, 5.41) is 3.36. The van der Waals surface area contributed by atoms with E-state index in [1.807, 2.05) is 10.8 Å². The Morgan fingerprint density at radius 2 is 2.19 bits per heavy atom. The average Bonchev–Trinajstić information content (AvgIpc) is 2.79. The largest absolute Gasteiger partial charge is 0.335 e. The lowest BCUT2D eigenvalue weighted by Gasteiger charge is -2.37. The van der Waals surface area contributed by atoms with Crippen molar-refractivity contribution in [1.29, 1.82) is 0 Å². The van der Waals surface area contributed by atoms with E-state index in [-0.39, 0.29) is 11.5 Å². The zero-order valence-electron chi connectivity index (χ0n) is 9.80. The molecule has 1 fully saturated rings. The highest BCUT2D eigenvalue weighted by Gasteiger charge is 2.36. The summed E-state index contributed by atoms with van der Waals surface area (Å²) in [4.78, 5) is 15.0. The highest BCUT2D eigenvalue weighted by atomic mass is 16.3. The van der Waals surface area contributed by atoms with Crippen molar-refractivity contribution in [1.82, 2.24) is 9.55 Å². The van der Waals surface area contributed by atoms with Crippen LogP contribution in [0.1, 0.15) is 39.0 Å². The monoisotopic (exact) mass is 221 g/mol. The van der Waals surface area contributed by atoms with E-state index < -0.39 is 0 Å². The molecule has 1 aliphatic rings. The van der Waals surface area contributed by atoms with Gasteiger partial charge < -0.3 is 4.57 Å². The Labute approximate surface area is 96.0 Å². The van der Waals surface area contributed by atoms with Crippen LogP contribution in [0, 0.1) is 10.3 Å². The molecule has 4 nitrogen and oxygen atoms in total. The van der Waals surface area contributed by atoms with Crippen LogP contribution >= 0.6 is 0 Å². The summed E-state index contributed by atoms with van der Waals surface area (Å²) < 4.78 is 1.95. The number of imidazole rings is 1. The summed E-state index contributed by atoms with van der Waals surface area (Å²) >= 11 is 0. The maximum Gasteiger partial charge on any atom is 0.115 e. The summed E-state index contributed by atoms with van der Waals surface area (Å²) in [5.74, 6) is 0. The zero-order valence-corrected chi connectivity index (χ0v) is 9.80. The molecule has 1 heterocycles. The third-order valence-electron chi connectivity index (χ3n) is 3.87. The molecule has 0 amide bonds. The van der Waals surface area contributed by atoms with Crippen LogP contribution in [-0.2, 0) is 6.54 Å². The smallest absolute Gasteiger partial charge is 0.115 e. The SMILES string of the molecule is CC1(C(Cn2ccnc2)N=O)CCCCC1. The van der Waals surface area contributed by atoms with Gasteiger partial charge in [0.15, 0.2) is 0 Å². The number of nitroso groups, excluding NO2 is 1. The summed E-state index contributed by atoms with van der Waals surface area (Å²) in [6, 6.07) is -0.123. The second-order valence-corrected chi connectivity index (χ2v) is 5.10. The minimum absolute atomic E-state index is 0.0876. The lowest BCUT2D eigenvalue weighted by Crippen LogP contribution is -2.35. The van der Waals surface area contributed by atoms with Crippen LogP contribution < -0.4 is 0 Å². The second-order valence-electron chi connectivity index (χ2n) is 5.10. The van der Waals surface area contributed by atoms with E-state index in [4.69, 9.17) is 0 Å². The van der Waals surface area contributed by atoms with Gasteiger partial charge in [0.2, 0.25) is 0 Å². The third-order valence-corrected chi connectivity index (χ3v) is 3.87. The first-order chi connectivity index (χ1) is 7.74. The topological polar surface area (TPSA) is 47.2 Å². The lowest BCUT2D eigenvalue weighted by molar-refractivity contribution is 0.157. The Bertz CT molecular complexity index is 328. The van der Waals surface area contributed by atoms with Crippen LogP contribution in [0.15, 0.2) is 23.9 Å². The van der Waals surface area contributed by atoms with E-state index in [1.54, 1.807) is 12.5 Å². The molecule has 0 saturated heterocycles. The van der Waals surface area contributed by atoms with Gasteiger partial charge in [-0.1, -0.05) is 31.4 Å². The Kier molecular flexibility index (Phi) is 3.36. The average molecular weight is 221 g/mol. The van der Waals surface area contributed by atoms with E-state index >= 15 is 0 Å². The van der Waals surface area contributed by atoms with E-state index in [0.29, 0.717) is 6.54 Å². The van der Waals surface area contributed by atoms with E-state index in [1.165, 1.54) is 19.3 Å². The van der Waals surface area contributed by atoms with Crippen LogP contribution in [0.2, 0.25) is 0 Å². The normalized spacial score (nSPS) is 21.6. The molecule has 88 valence electrons. The first kappa shape index (κ1) is 11.3. The number of hydrogen-bond donors (Lipinski definition) is 0. The van der Waals surface area contributed by atoms with Crippen molar-refractivity contribution in [3.8, 4) is 0 Å². The van der Waals surface area contributed by atoms with Crippen LogP contribution in [-0.4, -0.2) is 15.6 Å². The van der Waals surface area contributed by atoms with E-state index in [0.717, 1.165) is 12.8 Å². The van der Waals surface area contributed by atoms with Gasteiger partial charge in [0.1, 0.15) is 6.04 Å². The molecule has 1 aliphatic carbocycles. The van der Waals surface area contributed by atoms with Gasteiger partial charge in [0.25, 0.3) is 0 Å². The van der Waals surface area contributed by atoms with Crippen molar-refractivity contribution in [2.45, 2.75) is 51.6 Å². The molecule has 16 heavy (non-hydrogen) atoms. The Balaban J connectivity index is 2.06. The fourth-order valence-corrected chi connectivity index (χ4v) is 2.67. The Hall–Kier alpha value is -1.19. The molecular formula is C12H19N3O.